The summed E-state index contributed by atoms with van der Waals surface area (Å²) >= 11 is 0. The third-order valence-electron chi connectivity index (χ3n) is 5.73. The largest absolute Gasteiger partial charge is 0.496 e. The summed E-state index contributed by atoms with van der Waals surface area (Å²) < 4.78 is 10.6. The molecule has 0 aliphatic heterocycles. The Morgan fingerprint density at radius 2 is 1.72 bits per heavy atom. The number of ether oxygens (including phenoxy) is 2. The third kappa shape index (κ3) is 8.30. The van der Waals surface area contributed by atoms with Crippen LogP contribution in [0, 0.1) is 0 Å². The van der Waals surface area contributed by atoms with Crippen molar-refractivity contribution in [1.29, 1.82) is 0 Å². The lowest BCUT2D eigenvalue weighted by Gasteiger charge is -2.19. The van der Waals surface area contributed by atoms with Crippen LogP contribution in [0.1, 0.15) is 48.8 Å². The van der Waals surface area contributed by atoms with E-state index in [2.05, 4.69) is 39.7 Å². The van der Waals surface area contributed by atoms with Crippen molar-refractivity contribution in [1.82, 2.24) is 20.5 Å². The Bertz CT molecular complexity index is 1150. The van der Waals surface area contributed by atoms with E-state index in [4.69, 9.17) is 9.47 Å². The second kappa shape index (κ2) is 12.4. The Balaban J connectivity index is 1.33. The lowest BCUT2D eigenvalue weighted by atomic mass is 10.1. The predicted molar refractivity (Wildman–Crippen MR) is 143 cm³/mol. The molecule has 1 heterocycles. The molecule has 1 aromatic heterocycles. The first-order valence-electron chi connectivity index (χ1n) is 12.3. The number of alkyl carbamates (subject to hydrolysis) is 1. The third-order valence-corrected chi connectivity index (χ3v) is 5.73. The van der Waals surface area contributed by atoms with Crippen molar-refractivity contribution >= 4 is 22.9 Å². The zero-order chi connectivity index (χ0) is 26.1. The lowest BCUT2D eigenvalue weighted by Crippen LogP contribution is -2.33. The van der Waals surface area contributed by atoms with Crippen molar-refractivity contribution in [3.63, 3.8) is 0 Å². The number of methoxy groups -OCH3 is 1. The number of nitrogens with zero attached hydrogens (tertiary/aromatic N) is 1. The number of aromatic amines is 1. The van der Waals surface area contributed by atoms with Gasteiger partial charge in [0.05, 0.1) is 7.11 Å². The Morgan fingerprint density at radius 3 is 2.42 bits per heavy atom. The Morgan fingerprint density at radius 1 is 1.00 bits per heavy atom. The molecule has 3 N–H and O–H groups in total. The first kappa shape index (κ1) is 27.1. The molecule has 194 valence electrons. The Hall–Kier alpha value is -3.52. The molecule has 0 aliphatic rings. The highest BCUT2D eigenvalue weighted by Gasteiger charge is 2.15. The molecular formula is C28H38N4O4. The Kier molecular flexibility index (Phi) is 9.36. The molecule has 8 heteroatoms. The molecule has 0 spiro atoms. The molecule has 0 bridgehead atoms. The van der Waals surface area contributed by atoms with Gasteiger partial charge in [-0.25, -0.2) is 4.79 Å². The average molecular weight is 495 g/mol. The smallest absolute Gasteiger partial charge is 0.407 e. The highest BCUT2D eigenvalue weighted by atomic mass is 16.6. The minimum atomic E-state index is -0.501. The fourth-order valence-electron chi connectivity index (χ4n) is 3.86. The number of nitrogens with one attached hydrogen (secondary N) is 3. The van der Waals surface area contributed by atoms with Gasteiger partial charge in [0.25, 0.3) is 5.91 Å². The standard InChI is InChI=1S/C28H38N4O4/c1-28(2,3)36-27(34)30-19-21-13-11-20(12-14-21)8-7-16-32(4)17-15-29-26(33)24-18-22-23(31-24)9-6-10-25(22)35-5/h6,9-14,18,31H,7-8,15-17,19H2,1-5H3,(H,29,33)(H,30,34). The van der Waals surface area contributed by atoms with Crippen LogP contribution in [-0.2, 0) is 17.7 Å². The SMILES string of the molecule is COc1cccc2[nH]c(C(=O)NCCN(C)CCCc3ccc(CNC(=O)OC(C)(C)C)cc3)cc12. The van der Waals surface area contributed by atoms with Crippen LogP contribution in [0.15, 0.2) is 48.5 Å². The molecule has 0 saturated heterocycles. The maximum atomic E-state index is 12.5. The predicted octanol–water partition coefficient (Wildman–Crippen LogP) is 4.50. The van der Waals surface area contributed by atoms with Gasteiger partial charge in [-0.1, -0.05) is 30.3 Å². The molecule has 0 fully saturated rings. The maximum absolute atomic E-state index is 12.5. The van der Waals surface area contributed by atoms with Crippen LogP contribution in [0.25, 0.3) is 10.9 Å². The molecule has 2 aromatic carbocycles. The van der Waals surface area contributed by atoms with Gasteiger partial charge in [0.2, 0.25) is 0 Å². The van der Waals surface area contributed by atoms with Gasteiger partial charge in [-0.3, -0.25) is 4.79 Å². The van der Waals surface area contributed by atoms with Crippen molar-refractivity contribution in [2.75, 3.05) is 33.8 Å². The molecule has 3 aromatic rings. The number of aryl methyl sites for hydroxylation is 1. The van der Waals surface area contributed by atoms with Crippen LogP contribution >= 0.6 is 0 Å². The van der Waals surface area contributed by atoms with E-state index >= 15 is 0 Å². The highest BCUT2D eigenvalue weighted by Crippen LogP contribution is 2.25. The number of carbonyl (C=O) groups excluding carboxylic acids is 2. The van der Waals surface area contributed by atoms with Crippen LogP contribution in [0.2, 0.25) is 0 Å². The molecular weight excluding hydrogens is 456 g/mol. The molecule has 0 atom stereocenters. The van der Waals surface area contributed by atoms with E-state index in [1.165, 1.54) is 5.56 Å². The molecule has 8 nitrogen and oxygen atoms in total. The zero-order valence-electron chi connectivity index (χ0n) is 21.9. The summed E-state index contributed by atoms with van der Waals surface area (Å²) in [6, 6.07) is 15.8. The number of H-pyrrole nitrogens is 1. The summed E-state index contributed by atoms with van der Waals surface area (Å²) in [4.78, 5) is 29.7. The van der Waals surface area contributed by atoms with Gasteiger partial charge in [0, 0.05) is 30.5 Å². The van der Waals surface area contributed by atoms with E-state index in [1.807, 2.05) is 57.2 Å². The van der Waals surface area contributed by atoms with Crippen molar-refractivity contribution in [2.24, 2.45) is 0 Å². The van der Waals surface area contributed by atoms with E-state index in [-0.39, 0.29) is 5.91 Å². The number of rotatable bonds is 11. The van der Waals surface area contributed by atoms with Gasteiger partial charge in [0.15, 0.2) is 0 Å². The number of hydrogen-bond donors (Lipinski definition) is 3. The molecule has 0 radical (unpaired) electrons. The summed E-state index contributed by atoms with van der Waals surface area (Å²) in [7, 11) is 3.68. The second-order valence-electron chi connectivity index (χ2n) is 9.94. The van der Waals surface area contributed by atoms with Crippen molar-refractivity contribution in [3.05, 3.63) is 65.4 Å². The minimum absolute atomic E-state index is 0.122. The van der Waals surface area contributed by atoms with E-state index in [1.54, 1.807) is 7.11 Å². The molecule has 3 rings (SSSR count). The number of hydrogen-bond acceptors (Lipinski definition) is 5. The van der Waals surface area contributed by atoms with E-state index in [9.17, 15) is 9.59 Å². The van der Waals surface area contributed by atoms with Gasteiger partial charge >= 0.3 is 6.09 Å². The van der Waals surface area contributed by atoms with Crippen molar-refractivity contribution in [3.8, 4) is 5.75 Å². The molecule has 2 amide bonds. The fourth-order valence-corrected chi connectivity index (χ4v) is 3.86. The minimum Gasteiger partial charge on any atom is -0.496 e. The average Bonchev–Trinajstić information content (AvgIpc) is 3.27. The maximum Gasteiger partial charge on any atom is 0.407 e. The van der Waals surface area contributed by atoms with Crippen molar-refractivity contribution in [2.45, 2.75) is 45.8 Å². The van der Waals surface area contributed by atoms with Crippen molar-refractivity contribution < 1.29 is 19.1 Å². The molecule has 0 unspecified atom stereocenters. The van der Waals surface area contributed by atoms with Gasteiger partial charge in [-0.2, -0.15) is 0 Å². The van der Waals surface area contributed by atoms with Gasteiger partial charge in [0.1, 0.15) is 17.0 Å². The number of carbonyl (C=O) groups is 2. The van der Waals surface area contributed by atoms with E-state index < -0.39 is 11.7 Å². The monoisotopic (exact) mass is 494 g/mol. The normalized spacial score (nSPS) is 11.5. The first-order chi connectivity index (χ1) is 17.1. The second-order valence-corrected chi connectivity index (χ2v) is 9.94. The quantitative estimate of drug-likeness (QED) is 0.365. The molecule has 36 heavy (non-hydrogen) atoms. The summed E-state index contributed by atoms with van der Waals surface area (Å²) in [6.45, 7) is 8.25. The van der Waals surface area contributed by atoms with Crippen LogP contribution < -0.4 is 15.4 Å². The summed E-state index contributed by atoms with van der Waals surface area (Å²) in [5, 5.41) is 6.66. The number of aromatic nitrogens is 1. The lowest BCUT2D eigenvalue weighted by molar-refractivity contribution is 0.0523. The van der Waals surface area contributed by atoms with Gasteiger partial charge in [-0.05, 0) is 76.5 Å². The summed E-state index contributed by atoms with van der Waals surface area (Å²) in [6.07, 6.45) is 1.57. The topological polar surface area (TPSA) is 95.7 Å². The van der Waals surface area contributed by atoms with E-state index in [0.717, 1.165) is 48.1 Å². The van der Waals surface area contributed by atoms with Crippen LogP contribution in [-0.4, -0.2) is 61.3 Å². The van der Waals surface area contributed by atoms with Crippen LogP contribution in [0.5, 0.6) is 5.75 Å². The summed E-state index contributed by atoms with van der Waals surface area (Å²) in [5.41, 5.74) is 3.20. The van der Waals surface area contributed by atoms with Crippen LogP contribution in [0.4, 0.5) is 4.79 Å². The molecule has 0 aliphatic carbocycles. The van der Waals surface area contributed by atoms with Gasteiger partial charge in [-0.15, -0.1) is 0 Å². The summed E-state index contributed by atoms with van der Waals surface area (Å²) in [5.74, 6) is 0.623. The van der Waals surface area contributed by atoms with E-state index in [0.29, 0.717) is 18.8 Å². The van der Waals surface area contributed by atoms with Crippen LogP contribution in [0.3, 0.4) is 0 Å². The highest BCUT2D eigenvalue weighted by molar-refractivity contribution is 5.99. The zero-order valence-corrected chi connectivity index (χ0v) is 21.9. The van der Waals surface area contributed by atoms with Gasteiger partial charge < -0.3 is 30.0 Å². The number of likely N-dealkylation sites (N-methyl/N-ethyl adjacent to an activating group) is 1. The fraction of sp³-hybridized carbons (Fsp3) is 0.429. The Labute approximate surface area is 213 Å². The number of amides is 2. The first-order valence-corrected chi connectivity index (χ1v) is 12.3. The number of fused-ring (bicyclic) bond motifs is 1. The number of benzene rings is 2. The molecule has 0 saturated carbocycles.